The Kier molecular flexibility index (Phi) is 7.26. The van der Waals surface area contributed by atoms with Crippen LogP contribution in [-0.4, -0.2) is 75.7 Å². The van der Waals surface area contributed by atoms with Gasteiger partial charge >= 0.3 is 0 Å². The van der Waals surface area contributed by atoms with E-state index in [1.807, 2.05) is 18.3 Å². The van der Waals surface area contributed by atoms with Crippen LogP contribution < -0.4 is 9.62 Å². The number of anilines is 2. The minimum atomic E-state index is -3.59. The second-order valence-corrected chi connectivity index (χ2v) is 14.3. The van der Waals surface area contributed by atoms with E-state index in [4.69, 9.17) is 9.72 Å². The molecule has 2 aromatic heterocycles. The highest BCUT2D eigenvalue weighted by Crippen LogP contribution is 2.42. The maximum atomic E-state index is 13.1. The van der Waals surface area contributed by atoms with Gasteiger partial charge in [-0.05, 0) is 35.9 Å². The molecule has 3 aromatic rings. The normalized spacial score (nSPS) is 22.7. The lowest BCUT2D eigenvalue weighted by molar-refractivity contribution is 0.0491. The van der Waals surface area contributed by atoms with Crippen LogP contribution in [0.25, 0.3) is 0 Å². The number of piperazine rings is 1. The number of rotatable bonds is 8. The van der Waals surface area contributed by atoms with Crippen LogP contribution in [0.5, 0.6) is 0 Å². The van der Waals surface area contributed by atoms with Crippen LogP contribution in [-0.2, 0) is 27.7 Å². The van der Waals surface area contributed by atoms with Gasteiger partial charge in [-0.1, -0.05) is 18.2 Å². The van der Waals surface area contributed by atoms with Crippen LogP contribution in [0.2, 0.25) is 0 Å². The van der Waals surface area contributed by atoms with Gasteiger partial charge in [0, 0.05) is 70.4 Å². The molecule has 3 aliphatic rings. The lowest BCUT2D eigenvalue weighted by Crippen LogP contribution is -2.47. The van der Waals surface area contributed by atoms with Crippen molar-refractivity contribution in [3.63, 3.8) is 0 Å². The van der Waals surface area contributed by atoms with E-state index < -0.39 is 10.0 Å². The molecule has 37 heavy (non-hydrogen) atoms. The summed E-state index contributed by atoms with van der Waals surface area (Å²) in [5.41, 5.74) is 2.68. The number of benzene rings is 1. The third kappa shape index (κ3) is 5.30. The molecule has 0 spiro atoms. The zero-order chi connectivity index (χ0) is 25.4. The third-order valence-corrected chi connectivity index (χ3v) is 11.8. The Morgan fingerprint density at radius 1 is 1.16 bits per heavy atom. The van der Waals surface area contributed by atoms with Gasteiger partial charge in [-0.3, -0.25) is 14.1 Å². The quantitative estimate of drug-likeness (QED) is 0.446. The first-order chi connectivity index (χ1) is 18.0. The fourth-order valence-corrected chi connectivity index (χ4v) is 8.82. The summed E-state index contributed by atoms with van der Waals surface area (Å²) in [6, 6.07) is 9.34. The predicted octanol–water partition coefficient (Wildman–Crippen LogP) is 4.04. The summed E-state index contributed by atoms with van der Waals surface area (Å²) in [6.07, 6.45) is 5.63. The summed E-state index contributed by atoms with van der Waals surface area (Å²) in [6.45, 7) is 7.25. The number of hydrogen-bond donors (Lipinski definition) is 1. The third-order valence-electron chi connectivity index (χ3n) is 7.52. The molecular weight excluding hydrogens is 527 g/mol. The molecule has 6 rings (SSSR count). The molecule has 0 bridgehead atoms. The molecule has 2 fully saturated rings. The van der Waals surface area contributed by atoms with E-state index in [0.29, 0.717) is 16.0 Å². The Bertz CT molecular complexity index is 1310. The van der Waals surface area contributed by atoms with Gasteiger partial charge in [-0.2, -0.15) is 0 Å². The Morgan fingerprint density at radius 3 is 2.76 bits per heavy atom. The van der Waals surface area contributed by atoms with Gasteiger partial charge < -0.3 is 10.1 Å². The number of thiophene rings is 1. The lowest BCUT2D eigenvalue weighted by Gasteiger charge is -2.35. The number of thiazole rings is 1. The second kappa shape index (κ2) is 10.6. The molecule has 3 aliphatic heterocycles. The molecule has 5 heterocycles. The molecule has 0 radical (unpaired) electrons. The van der Waals surface area contributed by atoms with E-state index in [1.165, 1.54) is 33.4 Å². The molecule has 2 atom stereocenters. The number of nitrogens with one attached hydrogen (secondary N) is 1. The van der Waals surface area contributed by atoms with Crippen LogP contribution in [0.1, 0.15) is 34.3 Å². The minimum absolute atomic E-state index is 0.0519. The Labute approximate surface area is 226 Å². The maximum absolute atomic E-state index is 13.1. The van der Waals surface area contributed by atoms with Gasteiger partial charge in [0.25, 0.3) is 10.0 Å². The van der Waals surface area contributed by atoms with E-state index in [1.54, 1.807) is 35.9 Å². The lowest BCUT2D eigenvalue weighted by atomic mass is 10.1. The van der Waals surface area contributed by atoms with Crippen molar-refractivity contribution in [1.29, 1.82) is 0 Å². The average molecular weight is 560 g/mol. The molecule has 0 amide bonds. The molecule has 11 heteroatoms. The van der Waals surface area contributed by atoms with E-state index in [9.17, 15) is 8.42 Å². The molecule has 2 saturated heterocycles. The predicted molar refractivity (Wildman–Crippen MR) is 149 cm³/mol. The number of sulfonamides is 1. The molecule has 0 aliphatic carbocycles. The Morgan fingerprint density at radius 2 is 2.00 bits per heavy atom. The maximum Gasteiger partial charge on any atom is 0.273 e. The summed E-state index contributed by atoms with van der Waals surface area (Å²) in [7, 11) is -1.97. The monoisotopic (exact) mass is 559 g/mol. The van der Waals surface area contributed by atoms with Gasteiger partial charge in [0.15, 0.2) is 0 Å². The molecule has 198 valence electrons. The fourth-order valence-electron chi connectivity index (χ4n) is 5.44. The number of nitrogens with zero attached hydrogens (tertiary/aromatic N) is 4. The van der Waals surface area contributed by atoms with Crippen LogP contribution in [0.4, 0.5) is 11.4 Å². The van der Waals surface area contributed by atoms with Crippen molar-refractivity contribution in [2.45, 2.75) is 42.2 Å². The van der Waals surface area contributed by atoms with Crippen molar-refractivity contribution >= 4 is 44.1 Å². The molecule has 0 saturated carbocycles. The summed E-state index contributed by atoms with van der Waals surface area (Å²) in [4.78, 5) is 11.1. The van der Waals surface area contributed by atoms with Crippen molar-refractivity contribution in [3.8, 4) is 0 Å². The average Bonchev–Trinajstić information content (AvgIpc) is 3.71. The zero-order valence-corrected chi connectivity index (χ0v) is 23.5. The van der Waals surface area contributed by atoms with Crippen LogP contribution in [0.3, 0.4) is 0 Å². The summed E-state index contributed by atoms with van der Waals surface area (Å²) in [5, 5.41) is 6.43. The SMILES string of the molecule is CN(c1cccc2c1NC(c1ncc(CN3CCN(CC4CCCO4)CC3)s1)C2)S(=O)(=O)c1cccs1. The standard InChI is InChI=1S/C26H33N5O3S3/c1-29(37(32,33)24-8-4-14-35-24)23-7-2-5-19-15-22(28-25(19)23)26-27-16-21(36-26)18-31-11-9-30(10-12-31)17-20-6-3-13-34-20/h2,4-5,7-8,14,16,20,22,28H,3,6,9-13,15,17-18H2,1H3. The van der Waals surface area contributed by atoms with E-state index in [0.717, 1.165) is 68.6 Å². The van der Waals surface area contributed by atoms with Gasteiger partial charge in [-0.15, -0.1) is 22.7 Å². The first kappa shape index (κ1) is 25.3. The highest BCUT2D eigenvalue weighted by atomic mass is 32.2. The van der Waals surface area contributed by atoms with Crippen molar-refractivity contribution in [3.05, 3.63) is 57.4 Å². The zero-order valence-electron chi connectivity index (χ0n) is 21.0. The Balaban J connectivity index is 1.08. The van der Waals surface area contributed by atoms with E-state index in [-0.39, 0.29) is 6.04 Å². The molecule has 8 nitrogen and oxygen atoms in total. The summed E-state index contributed by atoms with van der Waals surface area (Å²) >= 11 is 3.00. The van der Waals surface area contributed by atoms with Gasteiger partial charge in [-0.25, -0.2) is 13.4 Å². The molecule has 1 aromatic carbocycles. The van der Waals surface area contributed by atoms with Crippen LogP contribution >= 0.6 is 22.7 Å². The Hall–Kier alpha value is -2.02. The molecule has 2 unspecified atom stereocenters. The smallest absolute Gasteiger partial charge is 0.273 e. The van der Waals surface area contributed by atoms with Crippen molar-refractivity contribution in [2.24, 2.45) is 0 Å². The van der Waals surface area contributed by atoms with Gasteiger partial charge in [0.2, 0.25) is 0 Å². The first-order valence-corrected chi connectivity index (χ1v) is 16.0. The number of hydrogen-bond acceptors (Lipinski definition) is 9. The van der Waals surface area contributed by atoms with E-state index in [2.05, 4.69) is 21.2 Å². The van der Waals surface area contributed by atoms with E-state index >= 15 is 0 Å². The number of ether oxygens (including phenoxy) is 1. The number of fused-ring (bicyclic) bond motifs is 1. The summed E-state index contributed by atoms with van der Waals surface area (Å²) < 4.78 is 33.8. The van der Waals surface area contributed by atoms with Crippen LogP contribution in [0.15, 0.2) is 46.1 Å². The number of aromatic nitrogens is 1. The highest BCUT2D eigenvalue weighted by Gasteiger charge is 2.31. The fraction of sp³-hybridized carbons (Fsp3) is 0.500. The topological polar surface area (TPSA) is 78.0 Å². The first-order valence-electron chi connectivity index (χ1n) is 12.9. The minimum Gasteiger partial charge on any atom is -0.377 e. The highest BCUT2D eigenvalue weighted by molar-refractivity contribution is 7.94. The molecule has 1 N–H and O–H groups in total. The van der Waals surface area contributed by atoms with Crippen molar-refractivity contribution < 1.29 is 13.2 Å². The number of para-hydroxylation sites is 1. The largest absolute Gasteiger partial charge is 0.377 e. The van der Waals surface area contributed by atoms with Crippen molar-refractivity contribution in [2.75, 3.05) is 56.0 Å². The van der Waals surface area contributed by atoms with Gasteiger partial charge in [0.05, 0.1) is 23.5 Å². The second-order valence-electron chi connectivity index (χ2n) is 9.99. The van der Waals surface area contributed by atoms with Crippen LogP contribution in [0, 0.1) is 0 Å². The summed E-state index contributed by atoms with van der Waals surface area (Å²) in [5.74, 6) is 0. The van der Waals surface area contributed by atoms with Crippen molar-refractivity contribution in [1.82, 2.24) is 14.8 Å². The van der Waals surface area contributed by atoms with Gasteiger partial charge in [0.1, 0.15) is 9.22 Å². The molecular formula is C26H33N5O3S3.